The first-order chi connectivity index (χ1) is 8.32. The zero-order chi connectivity index (χ0) is 13.9. The van der Waals surface area contributed by atoms with Crippen LogP contribution in [0.2, 0.25) is 0 Å². The van der Waals surface area contributed by atoms with Crippen molar-refractivity contribution in [3.8, 4) is 0 Å². The maximum Gasteiger partial charge on any atom is 0.224 e. The van der Waals surface area contributed by atoms with Crippen LogP contribution in [0.1, 0.15) is 31.9 Å². The molecule has 0 aliphatic heterocycles. The molecule has 2 atom stereocenters. The molecule has 3 nitrogen and oxygen atoms in total. The van der Waals surface area contributed by atoms with E-state index in [4.69, 9.17) is 5.73 Å². The van der Waals surface area contributed by atoms with E-state index in [0.29, 0.717) is 5.56 Å². The molecule has 100 valence electrons. The van der Waals surface area contributed by atoms with Crippen LogP contribution in [0.3, 0.4) is 0 Å². The molecule has 0 bridgehead atoms. The van der Waals surface area contributed by atoms with Crippen molar-refractivity contribution >= 4 is 5.91 Å². The second-order valence-electron chi connectivity index (χ2n) is 4.54. The number of hydrogen-bond acceptors (Lipinski definition) is 2. The third-order valence-electron chi connectivity index (χ3n) is 2.90. The molecule has 2 N–H and O–H groups in total. The van der Waals surface area contributed by atoms with Crippen molar-refractivity contribution in [1.29, 1.82) is 0 Å². The van der Waals surface area contributed by atoms with E-state index in [1.165, 1.54) is 11.0 Å². The predicted octanol–water partition coefficient (Wildman–Crippen LogP) is 2.22. The monoisotopic (exact) mass is 256 g/mol. The first-order valence-electron chi connectivity index (χ1n) is 5.79. The van der Waals surface area contributed by atoms with E-state index in [1.54, 1.807) is 20.9 Å². The van der Waals surface area contributed by atoms with Crippen molar-refractivity contribution in [1.82, 2.24) is 4.90 Å². The Bertz CT molecular complexity index is 435. The molecule has 1 rings (SSSR count). The molecule has 0 heterocycles. The van der Waals surface area contributed by atoms with Gasteiger partial charge < -0.3 is 10.6 Å². The van der Waals surface area contributed by atoms with E-state index in [-0.39, 0.29) is 24.4 Å². The molecule has 2 unspecified atom stereocenters. The van der Waals surface area contributed by atoms with Crippen LogP contribution in [0, 0.1) is 11.6 Å². The molecule has 0 aliphatic carbocycles. The van der Waals surface area contributed by atoms with Gasteiger partial charge >= 0.3 is 0 Å². The average Bonchev–Trinajstić information content (AvgIpc) is 2.30. The Balaban J connectivity index is 2.82. The van der Waals surface area contributed by atoms with E-state index < -0.39 is 11.6 Å². The normalized spacial score (nSPS) is 14.1. The summed E-state index contributed by atoms with van der Waals surface area (Å²) in [5, 5.41) is 0. The lowest BCUT2D eigenvalue weighted by Gasteiger charge is -2.26. The lowest BCUT2D eigenvalue weighted by molar-refractivity contribution is -0.132. The van der Waals surface area contributed by atoms with Gasteiger partial charge in [0.15, 0.2) is 11.6 Å². The highest BCUT2D eigenvalue weighted by atomic mass is 19.2. The fraction of sp³-hybridized carbons (Fsp3) is 0.462. The van der Waals surface area contributed by atoms with E-state index in [2.05, 4.69) is 0 Å². The van der Waals surface area contributed by atoms with Crippen molar-refractivity contribution in [3.63, 3.8) is 0 Å². The highest BCUT2D eigenvalue weighted by Gasteiger charge is 2.19. The summed E-state index contributed by atoms with van der Waals surface area (Å²) >= 11 is 0. The number of benzene rings is 1. The van der Waals surface area contributed by atoms with Gasteiger partial charge in [-0.15, -0.1) is 0 Å². The Kier molecular flexibility index (Phi) is 4.78. The lowest BCUT2D eigenvalue weighted by Crippen LogP contribution is -2.33. The summed E-state index contributed by atoms with van der Waals surface area (Å²) in [6.07, 6.45) is 0.227. The molecule has 0 spiro atoms. The molecule has 0 saturated carbocycles. The van der Waals surface area contributed by atoms with Crippen molar-refractivity contribution in [3.05, 3.63) is 35.4 Å². The van der Waals surface area contributed by atoms with Crippen molar-refractivity contribution in [2.45, 2.75) is 32.4 Å². The van der Waals surface area contributed by atoms with Crippen LogP contribution < -0.4 is 5.73 Å². The summed E-state index contributed by atoms with van der Waals surface area (Å²) in [5.74, 6) is -1.93. The quantitative estimate of drug-likeness (QED) is 0.897. The molecular formula is C13H18F2N2O. The Morgan fingerprint density at radius 2 is 1.94 bits per heavy atom. The summed E-state index contributed by atoms with van der Waals surface area (Å²) in [5.41, 5.74) is 6.11. The smallest absolute Gasteiger partial charge is 0.224 e. The molecule has 1 aromatic carbocycles. The zero-order valence-electron chi connectivity index (χ0n) is 10.8. The number of nitrogens with zero attached hydrogens (tertiary/aromatic N) is 1. The summed E-state index contributed by atoms with van der Waals surface area (Å²) < 4.78 is 25.9. The molecule has 0 aliphatic rings. The van der Waals surface area contributed by atoms with Crippen LogP contribution in [0.4, 0.5) is 8.78 Å². The predicted molar refractivity (Wildman–Crippen MR) is 65.8 cm³/mol. The summed E-state index contributed by atoms with van der Waals surface area (Å²) in [6, 6.07) is 3.09. The van der Waals surface area contributed by atoms with Crippen molar-refractivity contribution in [2.24, 2.45) is 5.73 Å². The molecule has 18 heavy (non-hydrogen) atoms. The van der Waals surface area contributed by atoms with E-state index >= 15 is 0 Å². The minimum Gasteiger partial charge on any atom is -0.339 e. The second kappa shape index (κ2) is 5.91. The third kappa shape index (κ3) is 3.50. The van der Waals surface area contributed by atoms with E-state index in [0.717, 1.165) is 12.1 Å². The SMILES string of the molecule is CC(N)CC(=O)N(C)C(C)c1ccc(F)c(F)c1. The van der Waals surface area contributed by atoms with E-state index in [9.17, 15) is 13.6 Å². The first kappa shape index (κ1) is 14.6. The number of carbonyl (C=O) groups is 1. The largest absolute Gasteiger partial charge is 0.339 e. The highest BCUT2D eigenvalue weighted by Crippen LogP contribution is 2.21. The molecular weight excluding hydrogens is 238 g/mol. The molecule has 0 saturated heterocycles. The number of rotatable bonds is 4. The second-order valence-corrected chi connectivity index (χ2v) is 4.54. The summed E-state index contributed by atoms with van der Waals surface area (Å²) in [7, 11) is 1.62. The maximum atomic E-state index is 13.1. The van der Waals surface area contributed by atoms with Crippen LogP contribution >= 0.6 is 0 Å². The Morgan fingerprint density at radius 3 is 2.44 bits per heavy atom. The van der Waals surface area contributed by atoms with Gasteiger partial charge in [0, 0.05) is 19.5 Å². The number of halogens is 2. The highest BCUT2D eigenvalue weighted by molar-refractivity contribution is 5.76. The van der Waals surface area contributed by atoms with Crippen LogP contribution in [-0.4, -0.2) is 23.9 Å². The Hall–Kier alpha value is -1.49. The maximum absolute atomic E-state index is 13.1. The lowest BCUT2D eigenvalue weighted by atomic mass is 10.1. The van der Waals surface area contributed by atoms with Crippen LogP contribution in [0.5, 0.6) is 0 Å². The molecule has 0 fully saturated rings. The standard InChI is InChI=1S/C13H18F2N2O/c1-8(16)6-13(18)17(3)9(2)10-4-5-11(14)12(15)7-10/h4-5,7-9H,6,16H2,1-3H3. The van der Waals surface area contributed by atoms with Crippen molar-refractivity contribution in [2.75, 3.05) is 7.05 Å². The van der Waals surface area contributed by atoms with Crippen LogP contribution in [0.25, 0.3) is 0 Å². The van der Waals surface area contributed by atoms with Gasteiger partial charge in [0.2, 0.25) is 5.91 Å². The average molecular weight is 256 g/mol. The molecule has 0 radical (unpaired) electrons. The summed E-state index contributed by atoms with van der Waals surface area (Å²) in [4.78, 5) is 13.3. The van der Waals surface area contributed by atoms with Gasteiger partial charge in [-0.1, -0.05) is 6.07 Å². The zero-order valence-corrected chi connectivity index (χ0v) is 10.8. The van der Waals surface area contributed by atoms with Gasteiger partial charge in [0.05, 0.1) is 6.04 Å². The van der Waals surface area contributed by atoms with Gasteiger partial charge in [-0.2, -0.15) is 0 Å². The van der Waals surface area contributed by atoms with Gasteiger partial charge in [0.1, 0.15) is 0 Å². The Labute approximate surface area is 106 Å². The molecule has 0 aromatic heterocycles. The van der Waals surface area contributed by atoms with Crippen LogP contribution in [0.15, 0.2) is 18.2 Å². The number of amides is 1. The van der Waals surface area contributed by atoms with Gasteiger partial charge in [-0.3, -0.25) is 4.79 Å². The fourth-order valence-corrected chi connectivity index (χ4v) is 1.63. The molecule has 5 heteroatoms. The first-order valence-corrected chi connectivity index (χ1v) is 5.79. The topological polar surface area (TPSA) is 46.3 Å². The van der Waals surface area contributed by atoms with Gasteiger partial charge in [-0.25, -0.2) is 8.78 Å². The minimum absolute atomic E-state index is 0.123. The fourth-order valence-electron chi connectivity index (χ4n) is 1.63. The number of hydrogen-bond donors (Lipinski definition) is 1. The third-order valence-corrected chi connectivity index (χ3v) is 2.90. The number of nitrogens with two attached hydrogens (primary N) is 1. The van der Waals surface area contributed by atoms with Gasteiger partial charge in [-0.05, 0) is 31.5 Å². The molecule has 1 amide bonds. The van der Waals surface area contributed by atoms with Crippen molar-refractivity contribution < 1.29 is 13.6 Å². The van der Waals surface area contributed by atoms with Crippen LogP contribution in [-0.2, 0) is 4.79 Å². The summed E-state index contributed by atoms with van der Waals surface area (Å²) in [6.45, 7) is 3.50. The minimum atomic E-state index is -0.910. The van der Waals surface area contributed by atoms with Gasteiger partial charge in [0.25, 0.3) is 0 Å². The molecule has 1 aromatic rings. The Morgan fingerprint density at radius 1 is 1.33 bits per heavy atom. The number of carbonyl (C=O) groups excluding carboxylic acids is 1. The van der Waals surface area contributed by atoms with E-state index in [1.807, 2.05) is 0 Å².